The highest BCUT2D eigenvalue weighted by atomic mass is 35.5. The van der Waals surface area contributed by atoms with Gasteiger partial charge in [0.15, 0.2) is 0 Å². The molecule has 2 heteroatoms. The predicted octanol–water partition coefficient (Wildman–Crippen LogP) is 4.92. The molecule has 0 saturated carbocycles. The summed E-state index contributed by atoms with van der Waals surface area (Å²) in [5, 5.41) is 0. The van der Waals surface area contributed by atoms with E-state index in [0.29, 0.717) is 0 Å². The second kappa shape index (κ2) is 7.81. The van der Waals surface area contributed by atoms with E-state index in [1.807, 2.05) is 0 Å². The monoisotopic (exact) mass is 327 g/mol. The molecule has 0 unspecified atom stereocenters. The Labute approximate surface area is 146 Å². The van der Waals surface area contributed by atoms with E-state index in [2.05, 4.69) is 74.4 Å². The zero-order chi connectivity index (χ0) is 15.5. The molecule has 0 fully saturated rings. The molecule has 1 nitrogen and oxygen atoms in total. The van der Waals surface area contributed by atoms with E-state index >= 15 is 0 Å². The van der Waals surface area contributed by atoms with Crippen molar-refractivity contribution in [2.75, 3.05) is 20.6 Å². The number of nitrogens with zero attached hydrogens (tertiary/aromatic N) is 1. The summed E-state index contributed by atoms with van der Waals surface area (Å²) >= 11 is 0. The van der Waals surface area contributed by atoms with Gasteiger partial charge in [0.1, 0.15) is 0 Å². The van der Waals surface area contributed by atoms with Gasteiger partial charge in [-0.3, -0.25) is 0 Å². The number of rotatable bonds is 5. The van der Waals surface area contributed by atoms with Gasteiger partial charge in [-0.25, -0.2) is 0 Å². The fraction of sp³-hybridized carbons (Fsp3) is 0.333. The van der Waals surface area contributed by atoms with Crippen LogP contribution in [0.4, 0.5) is 0 Å². The first-order valence-electron chi connectivity index (χ1n) is 8.13. The van der Waals surface area contributed by atoms with Crippen molar-refractivity contribution in [3.63, 3.8) is 0 Å². The van der Waals surface area contributed by atoms with Gasteiger partial charge in [-0.15, -0.1) is 12.4 Å². The molecule has 0 aliphatic heterocycles. The molecule has 122 valence electrons. The first-order chi connectivity index (χ1) is 10.6. The molecule has 23 heavy (non-hydrogen) atoms. The quantitative estimate of drug-likeness (QED) is 0.753. The van der Waals surface area contributed by atoms with Crippen LogP contribution < -0.4 is 0 Å². The molecule has 2 aromatic carbocycles. The molecule has 2 aromatic rings. The van der Waals surface area contributed by atoms with Crippen LogP contribution >= 0.6 is 12.4 Å². The molecule has 3 rings (SSSR count). The molecule has 0 amide bonds. The van der Waals surface area contributed by atoms with E-state index in [9.17, 15) is 0 Å². The van der Waals surface area contributed by atoms with Crippen LogP contribution in [0.3, 0.4) is 0 Å². The Bertz CT molecular complexity index is 700. The molecule has 0 heterocycles. The van der Waals surface area contributed by atoms with Crippen molar-refractivity contribution in [1.82, 2.24) is 4.90 Å². The van der Waals surface area contributed by atoms with Gasteiger partial charge in [0, 0.05) is 6.54 Å². The Morgan fingerprint density at radius 1 is 0.957 bits per heavy atom. The van der Waals surface area contributed by atoms with E-state index in [-0.39, 0.29) is 12.4 Å². The average molecular weight is 328 g/mol. The zero-order valence-corrected chi connectivity index (χ0v) is 15.1. The Balaban J connectivity index is 0.00000192. The van der Waals surface area contributed by atoms with E-state index in [1.54, 1.807) is 11.1 Å². The summed E-state index contributed by atoms with van der Waals surface area (Å²) in [6, 6.07) is 17.7. The van der Waals surface area contributed by atoms with Crippen molar-refractivity contribution in [3.05, 3.63) is 76.4 Å². The lowest BCUT2D eigenvalue weighted by Gasteiger charge is -2.14. The lowest BCUT2D eigenvalue weighted by molar-refractivity contribution is 0.419. The standard InChI is InChI=1S/C21H25N.ClH/c1-16-8-4-5-9-17(16)14-19-15-18-10-6-7-11-20(18)21(19)12-13-22(2)3;/h4-11H,12-15H2,1-3H3;1H. The molecule has 0 atom stereocenters. The highest BCUT2D eigenvalue weighted by Crippen LogP contribution is 2.36. The normalized spacial score (nSPS) is 13.2. The first-order valence-corrected chi connectivity index (χ1v) is 8.13. The van der Waals surface area contributed by atoms with Crippen molar-refractivity contribution in [3.8, 4) is 0 Å². The molecule has 0 saturated heterocycles. The van der Waals surface area contributed by atoms with E-state index in [4.69, 9.17) is 0 Å². The van der Waals surface area contributed by atoms with E-state index in [0.717, 1.165) is 25.8 Å². The predicted molar refractivity (Wildman–Crippen MR) is 102 cm³/mol. The summed E-state index contributed by atoms with van der Waals surface area (Å²) in [6.07, 6.45) is 3.35. The molecule has 0 aromatic heterocycles. The molecule has 0 spiro atoms. The van der Waals surface area contributed by atoms with Gasteiger partial charge in [-0.05, 0) is 68.1 Å². The van der Waals surface area contributed by atoms with Crippen LogP contribution in [0.1, 0.15) is 28.7 Å². The van der Waals surface area contributed by atoms with Gasteiger partial charge in [0.05, 0.1) is 0 Å². The molecule has 0 bridgehead atoms. The summed E-state index contributed by atoms with van der Waals surface area (Å²) in [6.45, 7) is 3.33. The first kappa shape index (κ1) is 17.8. The molecule has 0 N–H and O–H groups in total. The van der Waals surface area contributed by atoms with E-state index < -0.39 is 0 Å². The minimum atomic E-state index is 0. The second-order valence-electron chi connectivity index (χ2n) is 6.57. The maximum atomic E-state index is 2.30. The van der Waals surface area contributed by atoms with Gasteiger partial charge < -0.3 is 4.90 Å². The van der Waals surface area contributed by atoms with Crippen molar-refractivity contribution in [2.24, 2.45) is 0 Å². The maximum absolute atomic E-state index is 2.30. The van der Waals surface area contributed by atoms with Crippen molar-refractivity contribution in [2.45, 2.75) is 26.2 Å². The van der Waals surface area contributed by atoms with Crippen LogP contribution in [0.15, 0.2) is 54.1 Å². The van der Waals surface area contributed by atoms with Crippen molar-refractivity contribution in [1.29, 1.82) is 0 Å². The number of fused-ring (bicyclic) bond motifs is 1. The van der Waals surface area contributed by atoms with Gasteiger partial charge in [0.25, 0.3) is 0 Å². The Kier molecular flexibility index (Phi) is 6.04. The summed E-state index contributed by atoms with van der Waals surface area (Å²) < 4.78 is 0. The minimum Gasteiger partial charge on any atom is -0.309 e. The highest BCUT2D eigenvalue weighted by molar-refractivity contribution is 5.85. The fourth-order valence-electron chi connectivity index (χ4n) is 3.35. The molecule has 1 aliphatic carbocycles. The summed E-state index contributed by atoms with van der Waals surface area (Å²) in [5.74, 6) is 0. The summed E-state index contributed by atoms with van der Waals surface area (Å²) in [4.78, 5) is 2.28. The fourth-order valence-corrected chi connectivity index (χ4v) is 3.35. The average Bonchev–Trinajstić information content (AvgIpc) is 2.85. The number of hydrogen-bond acceptors (Lipinski definition) is 1. The number of benzene rings is 2. The Hall–Kier alpha value is -1.57. The maximum Gasteiger partial charge on any atom is 0.00159 e. The highest BCUT2D eigenvalue weighted by Gasteiger charge is 2.21. The van der Waals surface area contributed by atoms with E-state index in [1.165, 1.54) is 22.3 Å². The minimum absolute atomic E-state index is 0. The molecule has 0 radical (unpaired) electrons. The topological polar surface area (TPSA) is 3.24 Å². The Morgan fingerprint density at radius 2 is 1.65 bits per heavy atom. The molecular weight excluding hydrogens is 302 g/mol. The van der Waals surface area contributed by atoms with Crippen molar-refractivity contribution >= 4 is 18.0 Å². The lowest BCUT2D eigenvalue weighted by atomic mass is 9.96. The smallest absolute Gasteiger partial charge is 0.00159 e. The zero-order valence-electron chi connectivity index (χ0n) is 14.3. The number of halogens is 1. The third kappa shape index (κ3) is 4.04. The number of allylic oxidation sites excluding steroid dienone is 1. The van der Waals surface area contributed by atoms with Crippen LogP contribution in [-0.4, -0.2) is 25.5 Å². The van der Waals surface area contributed by atoms with Crippen LogP contribution in [0.5, 0.6) is 0 Å². The van der Waals surface area contributed by atoms with Crippen LogP contribution in [-0.2, 0) is 12.8 Å². The van der Waals surface area contributed by atoms with Gasteiger partial charge in [-0.2, -0.15) is 0 Å². The van der Waals surface area contributed by atoms with Crippen LogP contribution in [0, 0.1) is 6.92 Å². The van der Waals surface area contributed by atoms with Crippen molar-refractivity contribution < 1.29 is 0 Å². The summed E-state index contributed by atoms with van der Waals surface area (Å²) in [7, 11) is 4.31. The lowest BCUT2D eigenvalue weighted by Crippen LogP contribution is -2.13. The molecular formula is C21H26ClN. The molecule has 1 aliphatic rings. The third-order valence-corrected chi connectivity index (χ3v) is 4.65. The van der Waals surface area contributed by atoms with Gasteiger partial charge in [0.2, 0.25) is 0 Å². The van der Waals surface area contributed by atoms with Gasteiger partial charge >= 0.3 is 0 Å². The number of hydrogen-bond donors (Lipinski definition) is 0. The second-order valence-corrected chi connectivity index (χ2v) is 6.57. The summed E-state index contributed by atoms with van der Waals surface area (Å²) in [5.41, 5.74) is 9.03. The van der Waals surface area contributed by atoms with Gasteiger partial charge in [-0.1, -0.05) is 54.1 Å². The third-order valence-electron chi connectivity index (χ3n) is 4.65. The number of aryl methyl sites for hydroxylation is 1. The Morgan fingerprint density at radius 3 is 2.39 bits per heavy atom. The van der Waals surface area contributed by atoms with Crippen LogP contribution in [0.25, 0.3) is 5.57 Å². The SMILES string of the molecule is Cc1ccccc1CC1=C(CCN(C)C)c2ccccc2C1.Cl. The largest absolute Gasteiger partial charge is 0.309 e. The van der Waals surface area contributed by atoms with Crippen LogP contribution in [0.2, 0.25) is 0 Å².